The molecular formula is C20H25F2N3O2. The molecule has 2 aromatic rings. The molecule has 2 N–H and O–H groups in total. The van der Waals surface area contributed by atoms with Crippen molar-refractivity contribution in [2.75, 3.05) is 7.05 Å². The van der Waals surface area contributed by atoms with Crippen LogP contribution in [0.2, 0.25) is 0 Å². The van der Waals surface area contributed by atoms with Gasteiger partial charge in [-0.15, -0.1) is 0 Å². The summed E-state index contributed by atoms with van der Waals surface area (Å²) in [6.07, 6.45) is 0.133. The number of hydrogen-bond acceptors (Lipinski definition) is 3. The number of para-hydroxylation sites is 1. The van der Waals surface area contributed by atoms with Gasteiger partial charge in [0, 0.05) is 25.7 Å². The maximum Gasteiger partial charge on any atom is 0.387 e. The van der Waals surface area contributed by atoms with Crippen LogP contribution in [0.4, 0.5) is 8.78 Å². The Morgan fingerprint density at radius 3 is 2.26 bits per heavy atom. The van der Waals surface area contributed by atoms with E-state index in [1.807, 2.05) is 38.1 Å². The lowest BCUT2D eigenvalue weighted by Crippen LogP contribution is -2.36. The van der Waals surface area contributed by atoms with Crippen LogP contribution in [0.25, 0.3) is 0 Å². The Morgan fingerprint density at radius 1 is 0.963 bits per heavy atom. The standard InChI is InChI=1S/C20H25F2N3O2/c1-14(2)26-17-10-8-15(9-11-17)12-24-20(23-3)25-13-16-6-4-5-7-18(16)27-19(21)22/h4-11,14,19H,12-13H2,1-3H3,(H2,23,24,25). The van der Waals surface area contributed by atoms with E-state index in [1.54, 1.807) is 25.2 Å². The lowest BCUT2D eigenvalue weighted by molar-refractivity contribution is -0.0504. The minimum atomic E-state index is -2.86. The van der Waals surface area contributed by atoms with Crippen LogP contribution in [0.3, 0.4) is 0 Å². The number of benzene rings is 2. The van der Waals surface area contributed by atoms with Crippen molar-refractivity contribution in [2.45, 2.75) is 39.7 Å². The number of alkyl halides is 2. The number of ether oxygens (including phenoxy) is 2. The van der Waals surface area contributed by atoms with Crippen LogP contribution >= 0.6 is 0 Å². The summed E-state index contributed by atoms with van der Waals surface area (Å²) in [6, 6.07) is 14.5. The molecule has 7 heteroatoms. The van der Waals surface area contributed by atoms with E-state index < -0.39 is 6.61 Å². The molecule has 0 aliphatic heterocycles. The Kier molecular flexibility index (Phi) is 7.85. The van der Waals surface area contributed by atoms with Crippen LogP contribution in [-0.2, 0) is 13.1 Å². The van der Waals surface area contributed by atoms with Gasteiger partial charge >= 0.3 is 6.61 Å². The topological polar surface area (TPSA) is 54.9 Å². The smallest absolute Gasteiger partial charge is 0.387 e. The van der Waals surface area contributed by atoms with Gasteiger partial charge in [-0.05, 0) is 37.6 Å². The van der Waals surface area contributed by atoms with Crippen LogP contribution in [0.5, 0.6) is 11.5 Å². The van der Waals surface area contributed by atoms with Gasteiger partial charge in [0.1, 0.15) is 11.5 Å². The van der Waals surface area contributed by atoms with E-state index in [-0.39, 0.29) is 11.9 Å². The molecule has 0 saturated carbocycles. The fourth-order valence-electron chi connectivity index (χ4n) is 2.40. The average molecular weight is 377 g/mol. The number of nitrogens with zero attached hydrogens (tertiary/aromatic N) is 1. The van der Waals surface area contributed by atoms with Crippen LogP contribution in [0.15, 0.2) is 53.5 Å². The summed E-state index contributed by atoms with van der Waals surface area (Å²) < 4.78 is 35.1. The minimum absolute atomic E-state index is 0.133. The highest BCUT2D eigenvalue weighted by molar-refractivity contribution is 5.79. The summed E-state index contributed by atoms with van der Waals surface area (Å²) in [5.41, 5.74) is 1.69. The van der Waals surface area contributed by atoms with Gasteiger partial charge in [0.2, 0.25) is 0 Å². The molecule has 2 rings (SSSR count). The first-order chi connectivity index (χ1) is 13.0. The summed E-state index contributed by atoms with van der Waals surface area (Å²) in [5.74, 6) is 1.53. The summed E-state index contributed by atoms with van der Waals surface area (Å²) in [6.45, 7) is 1.98. The summed E-state index contributed by atoms with van der Waals surface area (Å²) in [4.78, 5) is 4.15. The number of hydrogen-bond donors (Lipinski definition) is 2. The third-order valence-electron chi connectivity index (χ3n) is 3.61. The molecule has 0 amide bonds. The first-order valence-electron chi connectivity index (χ1n) is 8.70. The van der Waals surface area contributed by atoms with Gasteiger partial charge in [0.25, 0.3) is 0 Å². The molecule has 0 radical (unpaired) electrons. The van der Waals surface area contributed by atoms with Crippen molar-refractivity contribution in [1.29, 1.82) is 0 Å². The van der Waals surface area contributed by atoms with Crippen molar-refractivity contribution in [3.05, 3.63) is 59.7 Å². The molecule has 0 fully saturated rings. The van der Waals surface area contributed by atoms with E-state index in [0.717, 1.165) is 11.3 Å². The van der Waals surface area contributed by atoms with Gasteiger partial charge in [-0.2, -0.15) is 8.78 Å². The van der Waals surface area contributed by atoms with E-state index in [4.69, 9.17) is 4.74 Å². The van der Waals surface area contributed by atoms with Gasteiger partial charge in [-0.1, -0.05) is 30.3 Å². The van der Waals surface area contributed by atoms with E-state index >= 15 is 0 Å². The highest BCUT2D eigenvalue weighted by Crippen LogP contribution is 2.20. The molecule has 5 nitrogen and oxygen atoms in total. The summed E-state index contributed by atoms with van der Waals surface area (Å²) in [7, 11) is 1.65. The van der Waals surface area contributed by atoms with Crippen molar-refractivity contribution in [1.82, 2.24) is 10.6 Å². The molecule has 0 aliphatic carbocycles. The highest BCUT2D eigenvalue weighted by Gasteiger charge is 2.09. The monoisotopic (exact) mass is 377 g/mol. The molecule has 0 aromatic heterocycles. The molecule has 146 valence electrons. The molecule has 0 atom stereocenters. The predicted octanol–water partition coefficient (Wildman–Crippen LogP) is 3.94. The quantitative estimate of drug-likeness (QED) is 0.540. The van der Waals surface area contributed by atoms with Crippen molar-refractivity contribution in [3.8, 4) is 11.5 Å². The Balaban J connectivity index is 1.88. The fourth-order valence-corrected chi connectivity index (χ4v) is 2.40. The molecule has 0 aliphatic rings. The van der Waals surface area contributed by atoms with Crippen LogP contribution in [-0.4, -0.2) is 25.7 Å². The number of aliphatic imine (C=N–C) groups is 1. The maximum absolute atomic E-state index is 12.5. The summed E-state index contributed by atoms with van der Waals surface area (Å²) in [5, 5.41) is 6.28. The first-order valence-corrected chi connectivity index (χ1v) is 8.70. The van der Waals surface area contributed by atoms with Crippen molar-refractivity contribution in [3.63, 3.8) is 0 Å². The van der Waals surface area contributed by atoms with Crippen LogP contribution < -0.4 is 20.1 Å². The Hall–Kier alpha value is -2.83. The highest BCUT2D eigenvalue weighted by atomic mass is 19.3. The van der Waals surface area contributed by atoms with E-state index in [0.29, 0.717) is 24.6 Å². The Morgan fingerprint density at radius 2 is 1.63 bits per heavy atom. The van der Waals surface area contributed by atoms with E-state index in [2.05, 4.69) is 20.4 Å². The third-order valence-corrected chi connectivity index (χ3v) is 3.61. The largest absolute Gasteiger partial charge is 0.491 e. The van der Waals surface area contributed by atoms with Crippen molar-refractivity contribution >= 4 is 5.96 Å². The SMILES string of the molecule is CN=C(NCc1ccc(OC(C)C)cc1)NCc1ccccc1OC(F)F. The number of halogens is 2. The molecule has 27 heavy (non-hydrogen) atoms. The first kappa shape index (κ1) is 20.5. The van der Waals surface area contributed by atoms with E-state index in [1.165, 1.54) is 6.07 Å². The second kappa shape index (κ2) is 10.4. The molecule has 2 aromatic carbocycles. The van der Waals surface area contributed by atoms with Gasteiger partial charge < -0.3 is 20.1 Å². The zero-order chi connectivity index (χ0) is 19.6. The molecule has 0 saturated heterocycles. The number of rotatable bonds is 8. The predicted molar refractivity (Wildman–Crippen MR) is 102 cm³/mol. The average Bonchev–Trinajstić information content (AvgIpc) is 2.63. The normalized spacial score (nSPS) is 11.6. The lowest BCUT2D eigenvalue weighted by Gasteiger charge is -2.15. The Bertz CT molecular complexity index is 734. The van der Waals surface area contributed by atoms with Crippen molar-refractivity contribution < 1.29 is 18.3 Å². The number of nitrogens with one attached hydrogen (secondary N) is 2. The maximum atomic E-state index is 12.5. The van der Waals surface area contributed by atoms with Gasteiger partial charge in [0.05, 0.1) is 6.10 Å². The lowest BCUT2D eigenvalue weighted by atomic mass is 10.2. The van der Waals surface area contributed by atoms with Crippen LogP contribution in [0, 0.1) is 0 Å². The van der Waals surface area contributed by atoms with Gasteiger partial charge in [0.15, 0.2) is 5.96 Å². The fraction of sp³-hybridized carbons (Fsp3) is 0.350. The molecule has 0 spiro atoms. The Labute approximate surface area is 158 Å². The zero-order valence-electron chi connectivity index (χ0n) is 15.7. The van der Waals surface area contributed by atoms with E-state index in [9.17, 15) is 8.78 Å². The van der Waals surface area contributed by atoms with Gasteiger partial charge in [-0.25, -0.2) is 0 Å². The second-order valence-corrected chi connectivity index (χ2v) is 6.08. The second-order valence-electron chi connectivity index (χ2n) is 6.08. The molecule has 0 bridgehead atoms. The van der Waals surface area contributed by atoms with Crippen molar-refractivity contribution in [2.24, 2.45) is 4.99 Å². The molecule has 0 heterocycles. The summed E-state index contributed by atoms with van der Waals surface area (Å²) >= 11 is 0. The van der Waals surface area contributed by atoms with Gasteiger partial charge in [-0.3, -0.25) is 4.99 Å². The zero-order valence-corrected chi connectivity index (χ0v) is 15.7. The number of guanidine groups is 1. The third kappa shape index (κ3) is 7.13. The molecule has 0 unspecified atom stereocenters. The molecular weight excluding hydrogens is 352 g/mol. The minimum Gasteiger partial charge on any atom is -0.491 e. The van der Waals surface area contributed by atoms with Crippen LogP contribution in [0.1, 0.15) is 25.0 Å².